The van der Waals surface area contributed by atoms with E-state index in [1.807, 2.05) is 6.07 Å². The van der Waals surface area contributed by atoms with Crippen molar-refractivity contribution in [2.75, 3.05) is 6.54 Å². The first-order valence-corrected chi connectivity index (χ1v) is 5.82. The van der Waals surface area contributed by atoms with Gasteiger partial charge in [-0.2, -0.15) is 0 Å². The van der Waals surface area contributed by atoms with Gasteiger partial charge in [0.15, 0.2) is 0 Å². The van der Waals surface area contributed by atoms with E-state index in [1.165, 1.54) is 18.4 Å². The van der Waals surface area contributed by atoms with Gasteiger partial charge in [0.25, 0.3) is 0 Å². The van der Waals surface area contributed by atoms with Crippen LogP contribution >= 0.6 is 12.4 Å². The number of rotatable bonds is 7. The normalized spacial score (nSPS) is 11.9. The third-order valence-corrected chi connectivity index (χ3v) is 2.62. The van der Waals surface area contributed by atoms with E-state index in [0.717, 1.165) is 25.8 Å². The lowest BCUT2D eigenvalue weighted by Gasteiger charge is -2.11. The molecule has 1 atom stereocenters. The van der Waals surface area contributed by atoms with E-state index in [0.29, 0.717) is 6.04 Å². The Labute approximate surface area is 105 Å². The van der Waals surface area contributed by atoms with Gasteiger partial charge < -0.3 is 11.5 Å². The quantitative estimate of drug-likeness (QED) is 0.722. The highest BCUT2D eigenvalue weighted by molar-refractivity contribution is 5.85. The summed E-state index contributed by atoms with van der Waals surface area (Å²) in [6.07, 6.45) is 5.63. The molecule has 0 saturated carbocycles. The molecular weight excluding hydrogens is 220 g/mol. The summed E-state index contributed by atoms with van der Waals surface area (Å²) in [7, 11) is 0. The smallest absolute Gasteiger partial charge is 0.00793 e. The van der Waals surface area contributed by atoms with Crippen LogP contribution in [-0.2, 0) is 6.42 Å². The molecule has 0 aromatic heterocycles. The van der Waals surface area contributed by atoms with Crippen LogP contribution in [0.3, 0.4) is 0 Å². The van der Waals surface area contributed by atoms with Gasteiger partial charge in [-0.25, -0.2) is 0 Å². The number of hydrogen-bond donors (Lipinski definition) is 2. The Hall–Kier alpha value is -0.570. The van der Waals surface area contributed by atoms with E-state index < -0.39 is 0 Å². The zero-order valence-corrected chi connectivity index (χ0v) is 10.6. The topological polar surface area (TPSA) is 52.0 Å². The minimum Gasteiger partial charge on any atom is -0.330 e. The first kappa shape index (κ1) is 15.4. The van der Waals surface area contributed by atoms with Crippen molar-refractivity contribution in [3.63, 3.8) is 0 Å². The van der Waals surface area contributed by atoms with Gasteiger partial charge in [0.2, 0.25) is 0 Å². The van der Waals surface area contributed by atoms with Gasteiger partial charge in [0, 0.05) is 6.04 Å². The van der Waals surface area contributed by atoms with Crippen molar-refractivity contribution in [1.82, 2.24) is 0 Å². The molecule has 1 unspecified atom stereocenters. The fourth-order valence-corrected chi connectivity index (χ4v) is 1.75. The summed E-state index contributed by atoms with van der Waals surface area (Å²) in [6, 6.07) is 10.7. The van der Waals surface area contributed by atoms with Crippen molar-refractivity contribution in [2.45, 2.75) is 38.1 Å². The van der Waals surface area contributed by atoms with Crippen molar-refractivity contribution >= 4 is 12.4 Å². The molecule has 1 aromatic carbocycles. The second kappa shape index (κ2) is 9.64. The van der Waals surface area contributed by atoms with Crippen LogP contribution in [0.5, 0.6) is 0 Å². The predicted octanol–water partition coefficient (Wildman–Crippen LogP) is 2.50. The average Bonchev–Trinajstić information content (AvgIpc) is 2.26. The number of nitrogens with two attached hydrogens (primary N) is 2. The fraction of sp³-hybridized carbons (Fsp3) is 0.538. The van der Waals surface area contributed by atoms with E-state index in [1.54, 1.807) is 0 Å². The second-order valence-electron chi connectivity index (χ2n) is 4.09. The van der Waals surface area contributed by atoms with Crippen LogP contribution in [0.4, 0.5) is 0 Å². The maximum atomic E-state index is 6.06. The molecule has 0 aliphatic rings. The third-order valence-electron chi connectivity index (χ3n) is 2.62. The van der Waals surface area contributed by atoms with E-state index in [2.05, 4.69) is 24.3 Å². The monoisotopic (exact) mass is 242 g/mol. The second-order valence-corrected chi connectivity index (χ2v) is 4.09. The lowest BCUT2D eigenvalue weighted by molar-refractivity contribution is 0.551. The van der Waals surface area contributed by atoms with E-state index >= 15 is 0 Å². The molecule has 0 bridgehead atoms. The summed E-state index contributed by atoms with van der Waals surface area (Å²) >= 11 is 0. The Morgan fingerprint density at radius 1 is 1.00 bits per heavy atom. The molecule has 0 heterocycles. The Balaban J connectivity index is 0.00000225. The predicted molar refractivity (Wildman–Crippen MR) is 72.9 cm³/mol. The molecule has 2 nitrogen and oxygen atoms in total. The summed E-state index contributed by atoms with van der Waals surface area (Å²) in [6.45, 7) is 0.800. The highest BCUT2D eigenvalue weighted by Crippen LogP contribution is 2.07. The minimum absolute atomic E-state index is 0. The van der Waals surface area contributed by atoms with Crippen LogP contribution in [0, 0.1) is 0 Å². The van der Waals surface area contributed by atoms with E-state index in [-0.39, 0.29) is 12.4 Å². The molecule has 1 aromatic rings. The lowest BCUT2D eigenvalue weighted by Crippen LogP contribution is -2.22. The molecule has 0 aliphatic heterocycles. The number of benzene rings is 1. The van der Waals surface area contributed by atoms with Gasteiger partial charge >= 0.3 is 0 Å². The highest BCUT2D eigenvalue weighted by Gasteiger charge is 2.03. The fourth-order valence-electron chi connectivity index (χ4n) is 1.75. The maximum Gasteiger partial charge on any atom is 0.00793 e. The molecule has 3 heteroatoms. The third kappa shape index (κ3) is 6.83. The number of hydrogen-bond acceptors (Lipinski definition) is 2. The maximum absolute atomic E-state index is 6.06. The summed E-state index contributed by atoms with van der Waals surface area (Å²) in [5, 5.41) is 0. The van der Waals surface area contributed by atoms with Crippen molar-refractivity contribution in [1.29, 1.82) is 0 Å². The van der Waals surface area contributed by atoms with E-state index in [4.69, 9.17) is 11.5 Å². The first-order valence-electron chi connectivity index (χ1n) is 5.82. The van der Waals surface area contributed by atoms with Gasteiger partial charge in [0.05, 0.1) is 0 Å². The summed E-state index contributed by atoms with van der Waals surface area (Å²) < 4.78 is 0. The molecule has 4 N–H and O–H groups in total. The summed E-state index contributed by atoms with van der Waals surface area (Å²) in [4.78, 5) is 0. The van der Waals surface area contributed by atoms with Crippen molar-refractivity contribution < 1.29 is 0 Å². The highest BCUT2D eigenvalue weighted by atomic mass is 35.5. The number of halogens is 1. The van der Waals surface area contributed by atoms with E-state index in [9.17, 15) is 0 Å². The zero-order valence-electron chi connectivity index (χ0n) is 9.77. The van der Waals surface area contributed by atoms with Crippen LogP contribution in [0.15, 0.2) is 30.3 Å². The molecule has 0 aliphatic carbocycles. The molecule has 0 spiro atoms. The van der Waals surface area contributed by atoms with Gasteiger partial charge in [-0.05, 0) is 31.4 Å². The standard InChI is InChI=1S/C13H22N2.ClH/c14-10-6-2-5-9-13(15)11-12-7-3-1-4-8-12;/h1,3-4,7-8,13H,2,5-6,9-11,14-15H2;1H. The van der Waals surface area contributed by atoms with Crippen LogP contribution in [0.25, 0.3) is 0 Å². The minimum atomic E-state index is 0. The Kier molecular flexibility index (Phi) is 9.30. The van der Waals surface area contributed by atoms with Crippen LogP contribution < -0.4 is 11.5 Å². The van der Waals surface area contributed by atoms with Gasteiger partial charge in [-0.3, -0.25) is 0 Å². The average molecular weight is 243 g/mol. The molecule has 0 fully saturated rings. The molecule has 0 saturated heterocycles. The Bertz CT molecular complexity index is 251. The largest absolute Gasteiger partial charge is 0.330 e. The summed E-state index contributed by atoms with van der Waals surface area (Å²) in [5.74, 6) is 0. The van der Waals surface area contributed by atoms with Crippen molar-refractivity contribution in [3.8, 4) is 0 Å². The molecular formula is C13H23ClN2. The van der Waals surface area contributed by atoms with Crippen LogP contribution in [0.1, 0.15) is 31.2 Å². The molecule has 16 heavy (non-hydrogen) atoms. The lowest BCUT2D eigenvalue weighted by atomic mass is 10.0. The molecule has 0 radical (unpaired) electrons. The Morgan fingerprint density at radius 3 is 2.31 bits per heavy atom. The van der Waals surface area contributed by atoms with Gasteiger partial charge in [-0.15, -0.1) is 12.4 Å². The Morgan fingerprint density at radius 2 is 1.69 bits per heavy atom. The molecule has 0 amide bonds. The number of unbranched alkanes of at least 4 members (excludes halogenated alkanes) is 2. The van der Waals surface area contributed by atoms with Crippen LogP contribution in [0.2, 0.25) is 0 Å². The van der Waals surface area contributed by atoms with Crippen molar-refractivity contribution in [3.05, 3.63) is 35.9 Å². The van der Waals surface area contributed by atoms with Gasteiger partial charge in [0.1, 0.15) is 0 Å². The first-order chi connectivity index (χ1) is 7.33. The SMILES string of the molecule is Cl.NCCCCCC(N)Cc1ccccc1. The molecule has 1 rings (SSSR count). The van der Waals surface area contributed by atoms with Crippen LogP contribution in [-0.4, -0.2) is 12.6 Å². The molecule has 92 valence electrons. The zero-order chi connectivity index (χ0) is 10.9. The van der Waals surface area contributed by atoms with Crippen molar-refractivity contribution in [2.24, 2.45) is 11.5 Å². The summed E-state index contributed by atoms with van der Waals surface area (Å²) in [5.41, 5.74) is 12.8. The van der Waals surface area contributed by atoms with Gasteiger partial charge in [-0.1, -0.05) is 43.2 Å².